The van der Waals surface area contributed by atoms with E-state index in [2.05, 4.69) is 14.6 Å². The fraction of sp³-hybridized carbons (Fsp3) is 0.429. The molecule has 6 nitrogen and oxygen atoms in total. The largest absolute Gasteiger partial charge is 0.487 e. The Hall–Kier alpha value is -1.73. The zero-order chi connectivity index (χ0) is 15.5. The summed E-state index contributed by atoms with van der Waals surface area (Å²) in [7, 11) is 0. The van der Waals surface area contributed by atoms with Gasteiger partial charge in [0, 0.05) is 25.0 Å². The molecule has 1 saturated heterocycles. The van der Waals surface area contributed by atoms with Gasteiger partial charge < -0.3 is 9.64 Å². The molecule has 0 unspecified atom stereocenters. The second-order valence-corrected chi connectivity index (χ2v) is 6.29. The highest BCUT2D eigenvalue weighted by molar-refractivity contribution is 7.07. The van der Waals surface area contributed by atoms with Gasteiger partial charge in [0.2, 0.25) is 0 Å². The molecule has 0 N–H and O–H groups in total. The second kappa shape index (κ2) is 6.58. The number of amides is 1. The van der Waals surface area contributed by atoms with Crippen LogP contribution in [0.5, 0.6) is 5.75 Å². The smallest absolute Gasteiger partial charge is 0.267 e. The Morgan fingerprint density at radius 1 is 1.55 bits per heavy atom. The van der Waals surface area contributed by atoms with Crippen molar-refractivity contribution < 1.29 is 9.53 Å². The van der Waals surface area contributed by atoms with E-state index in [0.717, 1.165) is 30.9 Å². The first-order valence-electron chi connectivity index (χ1n) is 6.99. The van der Waals surface area contributed by atoms with Gasteiger partial charge in [0.1, 0.15) is 21.8 Å². The third kappa shape index (κ3) is 3.20. The maximum atomic E-state index is 12.5. The molecule has 0 radical (unpaired) electrons. The van der Waals surface area contributed by atoms with Crippen LogP contribution in [0.15, 0.2) is 18.5 Å². The summed E-state index contributed by atoms with van der Waals surface area (Å²) in [6, 6.07) is 1.74. The minimum Gasteiger partial charge on any atom is -0.487 e. The predicted octanol–water partition coefficient (Wildman–Crippen LogP) is 2.58. The zero-order valence-electron chi connectivity index (χ0n) is 12.0. The van der Waals surface area contributed by atoms with E-state index in [1.165, 1.54) is 0 Å². The molecule has 1 aliphatic rings. The number of carbonyl (C=O) groups excluding carboxylic acids is 1. The first kappa shape index (κ1) is 15.2. The van der Waals surface area contributed by atoms with Gasteiger partial charge >= 0.3 is 0 Å². The van der Waals surface area contributed by atoms with E-state index >= 15 is 0 Å². The predicted molar refractivity (Wildman–Crippen MR) is 83.4 cm³/mol. The molecule has 8 heteroatoms. The van der Waals surface area contributed by atoms with Crippen LogP contribution < -0.4 is 4.74 Å². The Morgan fingerprint density at radius 2 is 2.41 bits per heavy atom. The molecule has 3 heterocycles. The first-order chi connectivity index (χ1) is 10.6. The van der Waals surface area contributed by atoms with Crippen molar-refractivity contribution in [2.24, 2.45) is 0 Å². The summed E-state index contributed by atoms with van der Waals surface area (Å²) in [6.45, 7) is 3.06. The molecule has 1 aliphatic heterocycles. The number of nitrogens with zero attached hydrogens (tertiary/aromatic N) is 4. The minimum atomic E-state index is -0.0706. The molecule has 2 aromatic rings. The molecule has 1 amide bonds. The Balaban J connectivity index is 1.68. The number of hydrogen-bond donors (Lipinski definition) is 0. The highest BCUT2D eigenvalue weighted by Crippen LogP contribution is 2.26. The summed E-state index contributed by atoms with van der Waals surface area (Å²) in [5.41, 5.74) is 0.676. The SMILES string of the molecule is Cc1nnsc1C(=O)N1CCC[C@H](Oc2ccncc2Cl)C1. The van der Waals surface area contributed by atoms with Crippen molar-refractivity contribution in [1.29, 1.82) is 0 Å². The van der Waals surface area contributed by atoms with E-state index in [-0.39, 0.29) is 12.0 Å². The van der Waals surface area contributed by atoms with Crippen molar-refractivity contribution in [2.45, 2.75) is 25.9 Å². The summed E-state index contributed by atoms with van der Waals surface area (Å²) >= 11 is 7.20. The van der Waals surface area contributed by atoms with E-state index in [4.69, 9.17) is 16.3 Å². The van der Waals surface area contributed by atoms with Gasteiger partial charge in [-0.3, -0.25) is 9.78 Å². The number of ether oxygens (including phenoxy) is 1. The van der Waals surface area contributed by atoms with Crippen LogP contribution in [0, 0.1) is 6.92 Å². The number of carbonyl (C=O) groups is 1. The molecule has 116 valence electrons. The Morgan fingerprint density at radius 3 is 3.14 bits per heavy atom. The van der Waals surface area contributed by atoms with Crippen LogP contribution >= 0.6 is 23.1 Å². The molecule has 0 bridgehead atoms. The van der Waals surface area contributed by atoms with Crippen LogP contribution in [-0.2, 0) is 0 Å². The summed E-state index contributed by atoms with van der Waals surface area (Å²) < 4.78 is 9.74. The Bertz CT molecular complexity index is 678. The van der Waals surface area contributed by atoms with Gasteiger partial charge in [0.25, 0.3) is 5.91 Å². The summed E-state index contributed by atoms with van der Waals surface area (Å²) in [5, 5.41) is 4.38. The van der Waals surface area contributed by atoms with Gasteiger partial charge in [0.15, 0.2) is 0 Å². The topological polar surface area (TPSA) is 68.2 Å². The molecule has 22 heavy (non-hydrogen) atoms. The average molecular weight is 339 g/mol. The molecule has 0 aliphatic carbocycles. The van der Waals surface area contributed by atoms with Gasteiger partial charge in [-0.2, -0.15) is 0 Å². The van der Waals surface area contributed by atoms with E-state index in [0.29, 0.717) is 27.9 Å². The molecule has 2 aromatic heterocycles. The number of pyridine rings is 1. The maximum Gasteiger partial charge on any atom is 0.267 e. The number of likely N-dealkylation sites (tertiary alicyclic amines) is 1. The molecule has 0 aromatic carbocycles. The summed E-state index contributed by atoms with van der Waals surface area (Å²) in [4.78, 5) is 18.8. The molecule has 0 spiro atoms. The quantitative estimate of drug-likeness (QED) is 0.860. The van der Waals surface area contributed by atoms with E-state index in [1.807, 2.05) is 0 Å². The molecular weight excluding hydrogens is 324 g/mol. The highest BCUT2D eigenvalue weighted by atomic mass is 35.5. The van der Waals surface area contributed by atoms with Gasteiger partial charge in [0.05, 0.1) is 12.2 Å². The maximum absolute atomic E-state index is 12.5. The van der Waals surface area contributed by atoms with E-state index in [9.17, 15) is 4.79 Å². The second-order valence-electron chi connectivity index (χ2n) is 5.13. The van der Waals surface area contributed by atoms with Crippen molar-refractivity contribution in [3.05, 3.63) is 34.1 Å². The fourth-order valence-electron chi connectivity index (χ4n) is 2.43. The number of rotatable bonds is 3. The lowest BCUT2D eigenvalue weighted by molar-refractivity contribution is 0.0541. The van der Waals surface area contributed by atoms with Gasteiger partial charge in [-0.25, -0.2) is 0 Å². The van der Waals surface area contributed by atoms with Gasteiger partial charge in [-0.15, -0.1) is 5.10 Å². The number of halogens is 1. The van der Waals surface area contributed by atoms with Crippen molar-refractivity contribution in [2.75, 3.05) is 13.1 Å². The van der Waals surface area contributed by atoms with Crippen LogP contribution in [0.3, 0.4) is 0 Å². The number of aryl methyl sites for hydroxylation is 1. The average Bonchev–Trinajstić information content (AvgIpc) is 2.95. The lowest BCUT2D eigenvalue weighted by Crippen LogP contribution is -2.44. The van der Waals surface area contributed by atoms with Gasteiger partial charge in [-0.1, -0.05) is 16.1 Å². The van der Waals surface area contributed by atoms with Crippen LogP contribution in [-0.4, -0.2) is 44.6 Å². The summed E-state index contributed by atoms with van der Waals surface area (Å²) in [6.07, 6.45) is 4.90. The number of hydrogen-bond acceptors (Lipinski definition) is 6. The van der Waals surface area contributed by atoms with Crippen LogP contribution in [0.4, 0.5) is 0 Å². The molecular formula is C14H15ClN4O2S. The Kier molecular flexibility index (Phi) is 4.54. The van der Waals surface area contributed by atoms with E-state index < -0.39 is 0 Å². The van der Waals surface area contributed by atoms with Gasteiger partial charge in [-0.05, 0) is 31.3 Å². The lowest BCUT2D eigenvalue weighted by atomic mass is 10.1. The first-order valence-corrected chi connectivity index (χ1v) is 8.14. The van der Waals surface area contributed by atoms with E-state index in [1.54, 1.807) is 30.3 Å². The van der Waals surface area contributed by atoms with Crippen LogP contribution in [0.25, 0.3) is 0 Å². The third-order valence-electron chi connectivity index (χ3n) is 3.54. The molecule has 0 saturated carbocycles. The highest BCUT2D eigenvalue weighted by Gasteiger charge is 2.28. The van der Waals surface area contributed by atoms with Crippen molar-refractivity contribution in [1.82, 2.24) is 19.5 Å². The number of aromatic nitrogens is 3. The van der Waals surface area contributed by atoms with Crippen LogP contribution in [0.2, 0.25) is 5.02 Å². The van der Waals surface area contributed by atoms with Crippen molar-refractivity contribution in [3.63, 3.8) is 0 Å². The standard InChI is InChI=1S/C14H15ClN4O2S/c1-9-13(22-18-17-9)14(20)19-6-2-3-10(8-19)21-12-4-5-16-7-11(12)15/h4-5,7,10H,2-3,6,8H2,1H3/t10-/m0/s1. The van der Waals surface area contributed by atoms with Crippen molar-refractivity contribution >= 4 is 29.0 Å². The fourth-order valence-corrected chi connectivity index (χ4v) is 3.22. The molecule has 1 atom stereocenters. The third-order valence-corrected chi connectivity index (χ3v) is 4.64. The zero-order valence-corrected chi connectivity index (χ0v) is 13.6. The normalized spacial score (nSPS) is 18.3. The van der Waals surface area contributed by atoms with Crippen LogP contribution in [0.1, 0.15) is 28.2 Å². The molecule has 3 rings (SSSR count). The number of piperidine rings is 1. The minimum absolute atomic E-state index is 0.0263. The monoisotopic (exact) mass is 338 g/mol. The molecule has 1 fully saturated rings. The Labute approximate surface area is 137 Å². The lowest BCUT2D eigenvalue weighted by Gasteiger charge is -2.32. The summed E-state index contributed by atoms with van der Waals surface area (Å²) in [5.74, 6) is 0.577. The van der Waals surface area contributed by atoms with Crippen molar-refractivity contribution in [3.8, 4) is 5.75 Å².